The zero-order valence-corrected chi connectivity index (χ0v) is 20.4. The Labute approximate surface area is 206 Å². The number of aliphatic hydroxyl groups excluding tert-OH is 1. The third-order valence-corrected chi connectivity index (χ3v) is 5.75. The molecule has 7 heteroatoms. The molecule has 35 heavy (non-hydrogen) atoms. The van der Waals surface area contributed by atoms with E-state index in [4.69, 9.17) is 4.74 Å². The van der Waals surface area contributed by atoms with E-state index in [1.54, 1.807) is 7.11 Å². The number of phenols is 2. The molecule has 5 N–H and O–H groups in total. The van der Waals surface area contributed by atoms with Gasteiger partial charge in [-0.2, -0.15) is 0 Å². The molecule has 1 amide bonds. The largest absolute Gasteiger partial charge is 0.508 e. The molecule has 7 nitrogen and oxygen atoms in total. The quantitative estimate of drug-likeness (QED) is 0.288. The van der Waals surface area contributed by atoms with Crippen molar-refractivity contribution in [2.45, 2.75) is 44.9 Å². The average Bonchev–Trinajstić information content (AvgIpc) is 2.80. The number of hydrogen-bond acceptors (Lipinski definition) is 6. The van der Waals surface area contributed by atoms with Gasteiger partial charge >= 0.3 is 0 Å². The zero-order chi connectivity index (χ0) is 25.4. The number of aromatic hydroxyl groups is 2. The Bertz CT molecular complexity index is 1130. The molecule has 0 fully saturated rings. The number of benzene rings is 3. The van der Waals surface area contributed by atoms with Crippen molar-refractivity contribution in [1.82, 2.24) is 10.6 Å². The van der Waals surface area contributed by atoms with Gasteiger partial charge in [0.05, 0.1) is 19.6 Å². The van der Waals surface area contributed by atoms with Crippen LogP contribution in [0.1, 0.15) is 42.2 Å². The minimum atomic E-state index is -0.884. The van der Waals surface area contributed by atoms with Crippen LogP contribution in [-0.4, -0.2) is 40.4 Å². The van der Waals surface area contributed by atoms with Gasteiger partial charge in [0.15, 0.2) is 0 Å². The third-order valence-electron chi connectivity index (χ3n) is 5.75. The Hall–Kier alpha value is -3.55. The normalized spacial score (nSPS) is 12.2. The third kappa shape index (κ3) is 8.02. The van der Waals surface area contributed by atoms with Crippen LogP contribution in [0.4, 0.5) is 0 Å². The molecule has 3 rings (SSSR count). The lowest BCUT2D eigenvalue weighted by Crippen LogP contribution is -2.43. The molecule has 0 spiro atoms. The van der Waals surface area contributed by atoms with Crippen LogP contribution in [0.2, 0.25) is 0 Å². The minimum Gasteiger partial charge on any atom is -0.508 e. The predicted octanol–water partition coefficient (Wildman–Crippen LogP) is 3.61. The van der Waals surface area contributed by atoms with Crippen molar-refractivity contribution in [2.24, 2.45) is 0 Å². The maximum absolute atomic E-state index is 12.5. The van der Waals surface area contributed by atoms with Crippen LogP contribution in [0.3, 0.4) is 0 Å². The Balaban J connectivity index is 1.54. The Morgan fingerprint density at radius 1 is 0.971 bits per heavy atom. The van der Waals surface area contributed by atoms with Gasteiger partial charge in [0.1, 0.15) is 17.2 Å². The highest BCUT2D eigenvalue weighted by Gasteiger charge is 2.21. The smallest absolute Gasteiger partial charge is 0.224 e. The van der Waals surface area contributed by atoms with Crippen LogP contribution in [0.25, 0.3) is 0 Å². The fourth-order valence-corrected chi connectivity index (χ4v) is 4.01. The van der Waals surface area contributed by atoms with E-state index in [1.807, 2.05) is 62.4 Å². The number of carbonyl (C=O) groups excluding carboxylic acids is 1. The highest BCUT2D eigenvalue weighted by Crippen LogP contribution is 2.25. The first-order valence-electron chi connectivity index (χ1n) is 11.6. The van der Waals surface area contributed by atoms with Gasteiger partial charge in [0.25, 0.3) is 0 Å². The van der Waals surface area contributed by atoms with E-state index in [2.05, 4.69) is 10.6 Å². The summed E-state index contributed by atoms with van der Waals surface area (Å²) in [4.78, 5) is 12.5. The van der Waals surface area contributed by atoms with E-state index in [0.29, 0.717) is 18.5 Å². The number of ether oxygens (including phenoxy) is 1. The van der Waals surface area contributed by atoms with Crippen molar-refractivity contribution in [1.29, 1.82) is 0 Å². The topological polar surface area (TPSA) is 111 Å². The van der Waals surface area contributed by atoms with Crippen molar-refractivity contribution < 1.29 is 24.9 Å². The van der Waals surface area contributed by atoms with Crippen LogP contribution >= 0.6 is 0 Å². The molecular weight excluding hydrogens is 444 g/mol. The molecule has 0 heterocycles. The van der Waals surface area contributed by atoms with Gasteiger partial charge in [-0.3, -0.25) is 4.79 Å². The number of carbonyl (C=O) groups is 1. The molecule has 0 aliphatic rings. The van der Waals surface area contributed by atoms with Crippen LogP contribution < -0.4 is 15.4 Å². The van der Waals surface area contributed by atoms with Gasteiger partial charge in [0.2, 0.25) is 5.91 Å². The summed E-state index contributed by atoms with van der Waals surface area (Å²) in [6.45, 7) is 4.72. The molecule has 1 unspecified atom stereocenters. The number of amides is 1. The van der Waals surface area contributed by atoms with Gasteiger partial charge in [-0.1, -0.05) is 42.5 Å². The fourth-order valence-electron chi connectivity index (χ4n) is 4.01. The summed E-state index contributed by atoms with van der Waals surface area (Å²) in [5, 5.41) is 36.1. The standard InChI is InChI=1S/C28H34N2O5/c1-28(2,30-18-25(33)22-13-23(31)15-24(32)14-22)16-20-8-6-7-19(11-20)12-27(34)29-17-21-9-4-5-10-26(21)35-3/h4-11,13-15,25,30-33H,12,16-18H2,1-3H3,(H,29,34). The van der Waals surface area contributed by atoms with E-state index in [-0.39, 0.29) is 35.9 Å². The number of nitrogens with one attached hydrogen (secondary N) is 2. The minimum absolute atomic E-state index is 0.0667. The summed E-state index contributed by atoms with van der Waals surface area (Å²) in [5.74, 6) is 0.488. The van der Waals surface area contributed by atoms with Crippen molar-refractivity contribution in [3.8, 4) is 17.2 Å². The number of phenolic OH excluding ortho intramolecular Hbond substituents is 2. The molecule has 186 valence electrons. The molecule has 0 aromatic heterocycles. The van der Waals surface area contributed by atoms with E-state index in [0.717, 1.165) is 22.4 Å². The molecule has 0 radical (unpaired) electrons. The Morgan fingerprint density at radius 2 is 1.66 bits per heavy atom. The second-order valence-corrected chi connectivity index (χ2v) is 9.33. The predicted molar refractivity (Wildman–Crippen MR) is 136 cm³/mol. The fraction of sp³-hybridized carbons (Fsp3) is 0.321. The molecule has 0 bridgehead atoms. The molecule has 0 saturated heterocycles. The lowest BCUT2D eigenvalue weighted by molar-refractivity contribution is -0.120. The lowest BCUT2D eigenvalue weighted by Gasteiger charge is -2.28. The first-order chi connectivity index (χ1) is 16.6. The Morgan fingerprint density at radius 3 is 2.37 bits per heavy atom. The zero-order valence-electron chi connectivity index (χ0n) is 20.4. The van der Waals surface area contributed by atoms with Crippen molar-refractivity contribution >= 4 is 5.91 Å². The van der Waals surface area contributed by atoms with Crippen molar-refractivity contribution in [3.05, 3.63) is 89.0 Å². The van der Waals surface area contributed by atoms with Gasteiger partial charge in [-0.05, 0) is 55.2 Å². The van der Waals surface area contributed by atoms with E-state index in [1.165, 1.54) is 18.2 Å². The van der Waals surface area contributed by atoms with E-state index >= 15 is 0 Å². The highest BCUT2D eigenvalue weighted by atomic mass is 16.5. The molecule has 0 aliphatic carbocycles. The summed E-state index contributed by atoms with van der Waals surface area (Å²) < 4.78 is 5.33. The molecular formula is C28H34N2O5. The number of hydrogen-bond donors (Lipinski definition) is 5. The van der Waals surface area contributed by atoms with Gasteiger partial charge in [0, 0.05) is 30.3 Å². The van der Waals surface area contributed by atoms with Crippen LogP contribution in [0.15, 0.2) is 66.7 Å². The van der Waals surface area contributed by atoms with E-state index in [9.17, 15) is 20.1 Å². The van der Waals surface area contributed by atoms with Crippen LogP contribution in [0.5, 0.6) is 17.2 Å². The molecule has 0 saturated carbocycles. The van der Waals surface area contributed by atoms with Gasteiger partial charge < -0.3 is 30.7 Å². The molecule has 3 aromatic carbocycles. The summed E-state index contributed by atoms with van der Waals surface area (Å²) in [6, 6.07) is 19.6. The molecule has 3 aromatic rings. The first kappa shape index (κ1) is 26.1. The number of β-amino-alcohol motifs (C(OH)–C–C–N with tert-alkyl or cyclic N) is 1. The maximum atomic E-state index is 12.5. The number of para-hydroxylation sites is 1. The van der Waals surface area contributed by atoms with Crippen LogP contribution in [0, 0.1) is 0 Å². The lowest BCUT2D eigenvalue weighted by atomic mass is 9.93. The maximum Gasteiger partial charge on any atom is 0.224 e. The monoisotopic (exact) mass is 478 g/mol. The number of aliphatic hydroxyl groups is 1. The summed E-state index contributed by atoms with van der Waals surface area (Å²) in [7, 11) is 1.61. The van der Waals surface area contributed by atoms with Gasteiger partial charge in [-0.25, -0.2) is 0 Å². The van der Waals surface area contributed by atoms with E-state index < -0.39 is 6.10 Å². The first-order valence-corrected chi connectivity index (χ1v) is 11.6. The Kier molecular flexibility index (Phi) is 8.73. The SMILES string of the molecule is COc1ccccc1CNC(=O)Cc1cccc(CC(C)(C)NCC(O)c2cc(O)cc(O)c2)c1. The second-order valence-electron chi connectivity index (χ2n) is 9.33. The number of rotatable bonds is 11. The average molecular weight is 479 g/mol. The highest BCUT2D eigenvalue weighted by molar-refractivity contribution is 5.78. The second kappa shape index (κ2) is 11.7. The van der Waals surface area contributed by atoms with Crippen LogP contribution in [-0.2, 0) is 24.2 Å². The van der Waals surface area contributed by atoms with Crippen molar-refractivity contribution in [2.75, 3.05) is 13.7 Å². The van der Waals surface area contributed by atoms with Crippen molar-refractivity contribution in [3.63, 3.8) is 0 Å². The number of methoxy groups -OCH3 is 1. The summed E-state index contributed by atoms with van der Waals surface area (Å²) in [5.41, 5.74) is 3.01. The molecule has 0 aliphatic heterocycles. The summed E-state index contributed by atoms with van der Waals surface area (Å²) in [6.07, 6.45) is 0.0728. The molecule has 1 atom stereocenters. The van der Waals surface area contributed by atoms with Gasteiger partial charge in [-0.15, -0.1) is 0 Å². The summed E-state index contributed by atoms with van der Waals surface area (Å²) >= 11 is 0.